The van der Waals surface area contributed by atoms with Gasteiger partial charge in [0.2, 0.25) is 0 Å². The highest BCUT2D eigenvalue weighted by Gasteiger charge is 2.17. The maximum atomic E-state index is 9.88. The number of nitrogens with zero attached hydrogens (tertiary/aromatic N) is 4. The monoisotopic (exact) mass is 566 g/mol. The molecule has 6 rings (SSSR count). The summed E-state index contributed by atoms with van der Waals surface area (Å²) in [4.78, 5) is 0. The minimum atomic E-state index is -1.51. The van der Waals surface area contributed by atoms with Crippen LogP contribution < -0.4 is 23.7 Å². The average molecular weight is 567 g/mol. The normalized spacial score (nSPS) is 10.9. The fourth-order valence-electron chi connectivity index (χ4n) is 5.38. The van der Waals surface area contributed by atoms with Gasteiger partial charge in [0, 0.05) is 70.8 Å². The van der Waals surface area contributed by atoms with Crippen LogP contribution in [0.25, 0.3) is 11.1 Å². The largest absolute Gasteiger partial charge is 0.488 e. The molecule has 0 saturated carbocycles. The molecule has 2 N–H and O–H groups in total. The van der Waals surface area contributed by atoms with Crippen molar-refractivity contribution in [2.24, 2.45) is 0 Å². The second-order valence-corrected chi connectivity index (χ2v) is 10.9. The van der Waals surface area contributed by atoms with Gasteiger partial charge in [0.1, 0.15) is 0 Å². The van der Waals surface area contributed by atoms with Crippen LogP contribution in [-0.4, -0.2) is 17.2 Å². The molecule has 210 valence electrons. The minimum Gasteiger partial charge on any atom is -0.423 e. The van der Waals surface area contributed by atoms with Crippen molar-refractivity contribution < 1.29 is 28.3 Å². The molecule has 0 fully saturated rings. The summed E-state index contributed by atoms with van der Waals surface area (Å²) in [5, 5.41) is 19.8. The molecule has 6 nitrogen and oxygen atoms in total. The van der Waals surface area contributed by atoms with E-state index >= 15 is 0 Å². The average Bonchev–Trinajstić information content (AvgIpc) is 3.03. The lowest BCUT2D eigenvalue weighted by molar-refractivity contribution is -0.689. The molecule has 0 unspecified atom stereocenters. The topological polar surface area (TPSA) is 56.0 Å². The fraction of sp³-hybridized carbons (Fsp3) is 0.111. The summed E-state index contributed by atoms with van der Waals surface area (Å²) in [6, 6.07) is 35.2. The molecule has 0 spiro atoms. The van der Waals surface area contributed by atoms with Crippen LogP contribution in [0.5, 0.6) is 0 Å². The fourth-order valence-corrected chi connectivity index (χ4v) is 5.38. The molecule has 6 aromatic rings. The van der Waals surface area contributed by atoms with Crippen LogP contribution in [0.4, 0.5) is 0 Å². The van der Waals surface area contributed by atoms with Crippen LogP contribution in [0.15, 0.2) is 153 Å². The Morgan fingerprint density at radius 1 is 0.395 bits per heavy atom. The summed E-state index contributed by atoms with van der Waals surface area (Å²) < 4.78 is 8.56. The molecule has 4 heterocycles. The van der Waals surface area contributed by atoms with E-state index in [2.05, 4.69) is 122 Å². The van der Waals surface area contributed by atoms with Crippen molar-refractivity contribution in [2.45, 2.75) is 26.2 Å². The van der Waals surface area contributed by atoms with Crippen LogP contribution in [0.1, 0.15) is 22.3 Å². The molecule has 0 aliphatic rings. The third-order valence-electron chi connectivity index (χ3n) is 7.50. The quantitative estimate of drug-likeness (QED) is 0.198. The Morgan fingerprint density at radius 2 is 0.767 bits per heavy atom. The molecule has 4 aromatic heterocycles. The first-order valence-corrected chi connectivity index (χ1v) is 14.5. The van der Waals surface area contributed by atoms with Crippen molar-refractivity contribution in [3.05, 3.63) is 175 Å². The van der Waals surface area contributed by atoms with Gasteiger partial charge in [-0.05, 0) is 28.7 Å². The zero-order valence-corrected chi connectivity index (χ0v) is 24.0. The SMILES string of the molecule is OB(O)c1cc(C[n+]2ccccc2)cc(C[n+]2ccc(-c3cc[n+](Cc4cccc(C[n+]5ccccc5)c4)cc3)cc2)c1. The van der Waals surface area contributed by atoms with Gasteiger partial charge in [-0.2, -0.15) is 0 Å². The van der Waals surface area contributed by atoms with Crippen molar-refractivity contribution in [1.82, 2.24) is 0 Å². The molecule has 0 bridgehead atoms. The molecule has 0 amide bonds. The standard InChI is InChI=1S/C36H35BN4O2/c42-37(43)36-24-32(28-39-16-5-2-6-17-39)23-33(25-36)29-41-20-12-35(13-21-41)34-10-18-40(19-11-34)27-31-9-7-8-30(22-31)26-38-14-3-1-4-15-38/h1-25,42-43H,26-29H2/q+4. The number of pyridine rings is 4. The van der Waals surface area contributed by atoms with Crippen molar-refractivity contribution in [1.29, 1.82) is 0 Å². The Morgan fingerprint density at radius 3 is 1.19 bits per heavy atom. The van der Waals surface area contributed by atoms with Crippen LogP contribution in [0, 0.1) is 0 Å². The van der Waals surface area contributed by atoms with Crippen LogP contribution in [-0.2, 0) is 26.2 Å². The predicted molar refractivity (Wildman–Crippen MR) is 165 cm³/mol. The zero-order chi connectivity index (χ0) is 29.4. The van der Waals surface area contributed by atoms with E-state index in [1.165, 1.54) is 11.1 Å². The molecule has 0 aliphatic carbocycles. The Balaban J connectivity index is 1.11. The molecule has 0 aliphatic heterocycles. The van der Waals surface area contributed by atoms with Gasteiger partial charge >= 0.3 is 7.12 Å². The van der Waals surface area contributed by atoms with Crippen molar-refractivity contribution in [3.63, 3.8) is 0 Å². The number of benzene rings is 2. The maximum absolute atomic E-state index is 9.88. The van der Waals surface area contributed by atoms with Crippen LogP contribution >= 0.6 is 0 Å². The number of aromatic nitrogens is 4. The Kier molecular flexibility index (Phi) is 8.73. The maximum Gasteiger partial charge on any atom is 0.488 e. The third-order valence-corrected chi connectivity index (χ3v) is 7.50. The van der Waals surface area contributed by atoms with Gasteiger partial charge in [-0.1, -0.05) is 42.5 Å². The first-order chi connectivity index (χ1) is 21.1. The van der Waals surface area contributed by atoms with Crippen LogP contribution in [0.2, 0.25) is 0 Å². The molecule has 7 heteroatoms. The summed E-state index contributed by atoms with van der Waals surface area (Å²) in [6.07, 6.45) is 16.6. The predicted octanol–water partition coefficient (Wildman–Crippen LogP) is 2.38. The Labute approximate surface area is 252 Å². The van der Waals surface area contributed by atoms with Gasteiger partial charge in [-0.3, -0.25) is 0 Å². The van der Waals surface area contributed by atoms with Gasteiger partial charge in [0.25, 0.3) is 0 Å². The number of hydrogen-bond acceptors (Lipinski definition) is 2. The second kappa shape index (κ2) is 13.3. The lowest BCUT2D eigenvalue weighted by atomic mass is 9.78. The van der Waals surface area contributed by atoms with Crippen LogP contribution in [0.3, 0.4) is 0 Å². The van der Waals surface area contributed by atoms with E-state index in [0.717, 1.165) is 35.3 Å². The van der Waals surface area contributed by atoms with E-state index < -0.39 is 7.12 Å². The molecular formula is C36H35BN4O2+4. The highest BCUT2D eigenvalue weighted by Crippen LogP contribution is 2.16. The lowest BCUT2D eigenvalue weighted by Gasteiger charge is -2.07. The molecule has 0 radical (unpaired) electrons. The summed E-state index contributed by atoms with van der Waals surface area (Å²) >= 11 is 0. The summed E-state index contributed by atoms with van der Waals surface area (Å²) in [5.41, 5.74) is 7.40. The Bertz CT molecular complexity index is 1780. The zero-order valence-electron chi connectivity index (χ0n) is 24.0. The summed E-state index contributed by atoms with van der Waals surface area (Å²) in [5.74, 6) is 0. The van der Waals surface area contributed by atoms with Crippen molar-refractivity contribution in [3.8, 4) is 11.1 Å². The van der Waals surface area contributed by atoms with Gasteiger partial charge in [0.05, 0.1) is 0 Å². The third kappa shape index (κ3) is 7.66. The van der Waals surface area contributed by atoms with Gasteiger partial charge in [0.15, 0.2) is 75.8 Å². The van der Waals surface area contributed by atoms with E-state index in [9.17, 15) is 10.0 Å². The van der Waals surface area contributed by atoms with E-state index in [1.54, 1.807) is 0 Å². The Hall–Kier alpha value is -4.98. The van der Waals surface area contributed by atoms with Gasteiger partial charge in [-0.25, -0.2) is 18.3 Å². The highest BCUT2D eigenvalue weighted by atomic mass is 16.4. The first-order valence-electron chi connectivity index (χ1n) is 14.5. The van der Waals surface area contributed by atoms with Crippen molar-refractivity contribution in [2.75, 3.05) is 0 Å². The molecule has 2 aromatic carbocycles. The minimum absolute atomic E-state index is 0.501. The summed E-state index contributed by atoms with van der Waals surface area (Å²) in [7, 11) is -1.51. The van der Waals surface area contributed by atoms with Gasteiger partial charge in [-0.15, -0.1) is 0 Å². The molecule has 0 atom stereocenters. The molecular weight excluding hydrogens is 531 g/mol. The molecule has 0 saturated heterocycles. The van der Waals surface area contributed by atoms with E-state index in [-0.39, 0.29) is 0 Å². The number of hydrogen-bond donors (Lipinski definition) is 2. The number of rotatable bonds is 10. The van der Waals surface area contributed by atoms with E-state index in [4.69, 9.17) is 0 Å². The lowest BCUT2D eigenvalue weighted by Crippen LogP contribution is -2.37. The first kappa shape index (κ1) is 28.2. The van der Waals surface area contributed by atoms with Gasteiger partial charge < -0.3 is 10.0 Å². The van der Waals surface area contributed by atoms with Crippen molar-refractivity contribution >= 4 is 12.6 Å². The van der Waals surface area contributed by atoms with E-state index in [1.807, 2.05) is 48.8 Å². The smallest absolute Gasteiger partial charge is 0.423 e. The highest BCUT2D eigenvalue weighted by molar-refractivity contribution is 6.58. The van der Waals surface area contributed by atoms with E-state index in [0.29, 0.717) is 18.6 Å². The summed E-state index contributed by atoms with van der Waals surface area (Å²) in [6.45, 7) is 2.96. The molecule has 43 heavy (non-hydrogen) atoms. The second-order valence-electron chi connectivity index (χ2n) is 10.9.